The van der Waals surface area contributed by atoms with Gasteiger partial charge in [-0.3, -0.25) is 0 Å². The maximum Gasteiger partial charge on any atom is 0.0945 e. The highest BCUT2D eigenvalue weighted by molar-refractivity contribution is 7.09. The van der Waals surface area contributed by atoms with Crippen LogP contribution in [0.5, 0.6) is 0 Å². The number of imidazole rings is 1. The summed E-state index contributed by atoms with van der Waals surface area (Å²) in [4.78, 5) is 5.51. The summed E-state index contributed by atoms with van der Waals surface area (Å²) < 4.78 is 2.04. The summed E-state index contributed by atoms with van der Waals surface area (Å²) >= 11 is 1.82. The van der Waals surface area contributed by atoms with E-state index in [0.29, 0.717) is 0 Å². The van der Waals surface area contributed by atoms with E-state index in [1.54, 1.807) is 0 Å². The second-order valence-electron chi connectivity index (χ2n) is 3.50. The van der Waals surface area contributed by atoms with Crippen molar-refractivity contribution in [1.29, 1.82) is 0 Å². The van der Waals surface area contributed by atoms with Crippen LogP contribution < -0.4 is 5.32 Å². The predicted octanol–water partition coefficient (Wildman–Crippen LogP) is 1.81. The molecule has 1 N–H and O–H groups in total. The van der Waals surface area contributed by atoms with Crippen molar-refractivity contribution >= 4 is 11.3 Å². The quantitative estimate of drug-likeness (QED) is 0.780. The van der Waals surface area contributed by atoms with Crippen LogP contribution in [0.4, 0.5) is 0 Å². The first-order valence-corrected chi connectivity index (χ1v) is 5.92. The van der Waals surface area contributed by atoms with Crippen LogP contribution in [0.25, 0.3) is 0 Å². The Bertz CT molecular complexity index is 392. The average molecular weight is 221 g/mol. The van der Waals surface area contributed by atoms with Crippen LogP contribution in [0, 0.1) is 0 Å². The fourth-order valence-electron chi connectivity index (χ4n) is 1.44. The SMILES string of the molecule is Cn1cncc1CNCCc1cccs1. The van der Waals surface area contributed by atoms with E-state index in [0.717, 1.165) is 19.5 Å². The minimum atomic E-state index is 0.891. The van der Waals surface area contributed by atoms with Gasteiger partial charge >= 0.3 is 0 Å². The first kappa shape index (κ1) is 10.4. The van der Waals surface area contributed by atoms with E-state index >= 15 is 0 Å². The van der Waals surface area contributed by atoms with E-state index in [1.807, 2.05) is 35.5 Å². The topological polar surface area (TPSA) is 29.9 Å². The number of rotatable bonds is 5. The Hall–Kier alpha value is -1.13. The second-order valence-corrected chi connectivity index (χ2v) is 4.53. The number of aromatic nitrogens is 2. The van der Waals surface area contributed by atoms with E-state index in [9.17, 15) is 0 Å². The number of nitrogens with one attached hydrogen (secondary N) is 1. The minimum absolute atomic E-state index is 0.891. The largest absolute Gasteiger partial charge is 0.337 e. The molecule has 0 bridgehead atoms. The Labute approximate surface area is 93.8 Å². The fraction of sp³-hybridized carbons (Fsp3) is 0.364. The van der Waals surface area contributed by atoms with Gasteiger partial charge in [0.2, 0.25) is 0 Å². The molecule has 15 heavy (non-hydrogen) atoms. The van der Waals surface area contributed by atoms with Gasteiger partial charge in [0.15, 0.2) is 0 Å². The summed E-state index contributed by atoms with van der Waals surface area (Å²) in [5.41, 5.74) is 1.22. The molecule has 2 aromatic heterocycles. The molecule has 4 heteroatoms. The van der Waals surface area contributed by atoms with Gasteiger partial charge in [-0.2, -0.15) is 0 Å². The molecule has 0 atom stereocenters. The van der Waals surface area contributed by atoms with Crippen LogP contribution in [0.1, 0.15) is 10.6 Å². The molecule has 0 saturated carbocycles. The Morgan fingerprint density at radius 1 is 1.53 bits per heavy atom. The first-order valence-electron chi connectivity index (χ1n) is 5.04. The highest BCUT2D eigenvalue weighted by Gasteiger charge is 1.97. The van der Waals surface area contributed by atoms with Crippen molar-refractivity contribution in [2.24, 2.45) is 7.05 Å². The molecule has 0 spiro atoms. The summed E-state index contributed by atoms with van der Waals surface area (Å²) in [6.07, 6.45) is 4.84. The van der Waals surface area contributed by atoms with Crippen molar-refractivity contribution in [1.82, 2.24) is 14.9 Å². The minimum Gasteiger partial charge on any atom is -0.337 e. The van der Waals surface area contributed by atoms with Crippen molar-refractivity contribution in [2.45, 2.75) is 13.0 Å². The Morgan fingerprint density at radius 2 is 2.47 bits per heavy atom. The van der Waals surface area contributed by atoms with Crippen LogP contribution in [-0.2, 0) is 20.0 Å². The van der Waals surface area contributed by atoms with Crippen molar-refractivity contribution in [3.63, 3.8) is 0 Å². The Balaban J connectivity index is 1.70. The van der Waals surface area contributed by atoms with Crippen molar-refractivity contribution in [3.8, 4) is 0 Å². The zero-order chi connectivity index (χ0) is 10.5. The second kappa shape index (κ2) is 5.09. The molecule has 2 aromatic rings. The van der Waals surface area contributed by atoms with Crippen LogP contribution >= 0.6 is 11.3 Å². The van der Waals surface area contributed by atoms with Gasteiger partial charge in [-0.15, -0.1) is 11.3 Å². The first-order chi connectivity index (χ1) is 7.36. The van der Waals surface area contributed by atoms with Gasteiger partial charge in [-0.1, -0.05) is 6.07 Å². The molecule has 0 fully saturated rings. The molecule has 3 nitrogen and oxygen atoms in total. The van der Waals surface area contributed by atoms with E-state index in [4.69, 9.17) is 0 Å². The fourth-order valence-corrected chi connectivity index (χ4v) is 2.15. The van der Waals surface area contributed by atoms with Crippen LogP contribution in [-0.4, -0.2) is 16.1 Å². The maximum absolute atomic E-state index is 4.08. The highest BCUT2D eigenvalue weighted by atomic mass is 32.1. The monoisotopic (exact) mass is 221 g/mol. The summed E-state index contributed by atoms with van der Waals surface area (Å²) in [6.45, 7) is 1.91. The summed E-state index contributed by atoms with van der Waals surface area (Å²) in [6, 6.07) is 4.28. The van der Waals surface area contributed by atoms with Gasteiger partial charge in [-0.05, 0) is 17.9 Å². The lowest BCUT2D eigenvalue weighted by Crippen LogP contribution is -2.17. The van der Waals surface area contributed by atoms with Gasteiger partial charge < -0.3 is 9.88 Å². The van der Waals surface area contributed by atoms with E-state index in [-0.39, 0.29) is 0 Å². The van der Waals surface area contributed by atoms with Gasteiger partial charge in [0.1, 0.15) is 0 Å². The molecule has 0 aromatic carbocycles. The van der Waals surface area contributed by atoms with Gasteiger partial charge in [0, 0.05) is 31.2 Å². The maximum atomic E-state index is 4.08. The molecule has 0 aliphatic heterocycles. The van der Waals surface area contributed by atoms with E-state index < -0.39 is 0 Å². The van der Waals surface area contributed by atoms with Gasteiger partial charge in [-0.25, -0.2) is 4.98 Å². The lowest BCUT2D eigenvalue weighted by atomic mass is 10.3. The third-order valence-corrected chi connectivity index (χ3v) is 3.29. The molecule has 2 heterocycles. The standard InChI is InChI=1S/C11H15N3S/c1-14-9-13-8-10(14)7-12-5-4-11-3-2-6-15-11/h2-3,6,8-9,12H,4-5,7H2,1H3. The normalized spacial score (nSPS) is 10.7. The number of aryl methyl sites for hydroxylation is 1. The number of thiophene rings is 1. The zero-order valence-electron chi connectivity index (χ0n) is 8.81. The molecule has 2 rings (SSSR count). The van der Waals surface area contributed by atoms with Gasteiger partial charge in [0.25, 0.3) is 0 Å². The number of hydrogen-bond donors (Lipinski definition) is 1. The molecule has 0 aliphatic carbocycles. The van der Waals surface area contributed by atoms with Crippen LogP contribution in [0.15, 0.2) is 30.0 Å². The Morgan fingerprint density at radius 3 is 3.13 bits per heavy atom. The molecule has 0 radical (unpaired) electrons. The molecule has 0 aliphatic rings. The molecule has 0 saturated heterocycles. The van der Waals surface area contributed by atoms with Crippen molar-refractivity contribution in [3.05, 3.63) is 40.6 Å². The molecule has 0 amide bonds. The van der Waals surface area contributed by atoms with Crippen molar-refractivity contribution in [2.75, 3.05) is 6.54 Å². The molecule has 0 unspecified atom stereocenters. The lowest BCUT2D eigenvalue weighted by molar-refractivity contribution is 0.655. The number of hydrogen-bond acceptors (Lipinski definition) is 3. The van der Waals surface area contributed by atoms with Gasteiger partial charge in [0.05, 0.1) is 12.0 Å². The van der Waals surface area contributed by atoms with E-state index in [2.05, 4.69) is 27.8 Å². The smallest absolute Gasteiger partial charge is 0.0945 e. The average Bonchev–Trinajstić information content (AvgIpc) is 2.85. The summed E-state index contributed by atoms with van der Waals surface area (Å²) in [5, 5.41) is 5.53. The Kier molecular flexibility index (Phi) is 3.53. The van der Waals surface area contributed by atoms with Crippen LogP contribution in [0.3, 0.4) is 0 Å². The molecular weight excluding hydrogens is 206 g/mol. The highest BCUT2D eigenvalue weighted by Crippen LogP contribution is 2.08. The molecular formula is C11H15N3S. The third-order valence-electron chi connectivity index (χ3n) is 2.35. The number of nitrogens with zero attached hydrogens (tertiary/aromatic N) is 2. The summed E-state index contributed by atoms with van der Waals surface area (Å²) in [7, 11) is 2.02. The predicted molar refractivity (Wildman–Crippen MR) is 62.9 cm³/mol. The van der Waals surface area contributed by atoms with Crippen molar-refractivity contribution < 1.29 is 0 Å². The zero-order valence-corrected chi connectivity index (χ0v) is 9.63. The molecule has 80 valence electrons. The van der Waals surface area contributed by atoms with Crippen LogP contribution in [0.2, 0.25) is 0 Å². The summed E-state index contributed by atoms with van der Waals surface area (Å²) in [5.74, 6) is 0. The lowest BCUT2D eigenvalue weighted by Gasteiger charge is -2.04. The van der Waals surface area contributed by atoms with E-state index in [1.165, 1.54) is 10.6 Å². The third kappa shape index (κ3) is 2.91.